The summed E-state index contributed by atoms with van der Waals surface area (Å²) in [5.74, 6) is -0.148. The summed E-state index contributed by atoms with van der Waals surface area (Å²) in [7, 11) is -2.39. The number of ether oxygens (including phenoxy) is 1. The number of sulfonamides is 1. The van der Waals surface area contributed by atoms with Gasteiger partial charge in [-0.1, -0.05) is 0 Å². The molecule has 146 valence electrons. The first-order valence-corrected chi connectivity index (χ1v) is 10.3. The number of primary sulfonamides is 1. The van der Waals surface area contributed by atoms with Crippen molar-refractivity contribution in [2.45, 2.75) is 11.8 Å². The molecule has 3 rings (SSSR count). The van der Waals surface area contributed by atoms with Crippen LogP contribution in [0.3, 0.4) is 0 Å². The molecule has 0 aliphatic carbocycles. The van der Waals surface area contributed by atoms with Gasteiger partial charge in [-0.3, -0.25) is 4.79 Å². The van der Waals surface area contributed by atoms with Crippen LogP contribution in [0.2, 0.25) is 0 Å². The molecule has 0 radical (unpaired) electrons. The molecule has 1 aliphatic rings. The predicted molar refractivity (Wildman–Crippen MR) is 109 cm³/mol. The Balaban J connectivity index is 1.95. The van der Waals surface area contributed by atoms with Gasteiger partial charge in [-0.25, -0.2) is 13.6 Å². The van der Waals surface area contributed by atoms with Gasteiger partial charge in [-0.05, 0) is 70.9 Å². The standard InChI is InChI=1S/C18H16BrN3O5S/c1-10-14(7-11-8-15(19)17(23)16(9-11)27-2)18(24)22(21-10)12-3-5-13(6-4-12)28(20,25)26/h3-9,23H,1-2H3,(H2,20,25,26)/b14-7+. The van der Waals surface area contributed by atoms with Gasteiger partial charge in [-0.2, -0.15) is 10.1 Å². The molecule has 1 heterocycles. The van der Waals surface area contributed by atoms with Crippen molar-refractivity contribution in [2.24, 2.45) is 10.2 Å². The van der Waals surface area contributed by atoms with Crippen LogP contribution in [0.1, 0.15) is 12.5 Å². The van der Waals surface area contributed by atoms with Crippen LogP contribution < -0.4 is 14.9 Å². The molecule has 28 heavy (non-hydrogen) atoms. The van der Waals surface area contributed by atoms with Gasteiger partial charge < -0.3 is 9.84 Å². The lowest BCUT2D eigenvalue weighted by Crippen LogP contribution is -2.21. The maximum absolute atomic E-state index is 12.8. The first-order chi connectivity index (χ1) is 13.1. The third-order valence-corrected chi connectivity index (χ3v) is 5.59. The smallest absolute Gasteiger partial charge is 0.280 e. The number of nitrogens with two attached hydrogens (primary N) is 1. The Morgan fingerprint density at radius 1 is 1.25 bits per heavy atom. The normalized spacial score (nSPS) is 15.9. The van der Waals surface area contributed by atoms with Crippen LogP contribution in [0.25, 0.3) is 6.08 Å². The molecule has 0 bridgehead atoms. The first kappa shape index (κ1) is 20.1. The molecule has 1 amide bonds. The van der Waals surface area contributed by atoms with E-state index >= 15 is 0 Å². The van der Waals surface area contributed by atoms with Gasteiger partial charge in [-0.15, -0.1) is 0 Å². The molecule has 10 heteroatoms. The number of hydrazone groups is 1. The average molecular weight is 466 g/mol. The Morgan fingerprint density at radius 2 is 1.89 bits per heavy atom. The zero-order valence-corrected chi connectivity index (χ0v) is 17.3. The van der Waals surface area contributed by atoms with Gasteiger partial charge >= 0.3 is 0 Å². The lowest BCUT2D eigenvalue weighted by molar-refractivity contribution is -0.114. The molecule has 8 nitrogen and oxygen atoms in total. The molecule has 0 fully saturated rings. The van der Waals surface area contributed by atoms with Crippen molar-refractivity contribution in [2.75, 3.05) is 12.1 Å². The fourth-order valence-corrected chi connectivity index (χ4v) is 3.61. The van der Waals surface area contributed by atoms with Gasteiger partial charge in [0.25, 0.3) is 5.91 Å². The Hall–Kier alpha value is -2.69. The van der Waals surface area contributed by atoms with E-state index in [4.69, 9.17) is 9.88 Å². The van der Waals surface area contributed by atoms with Crippen molar-refractivity contribution in [1.82, 2.24) is 0 Å². The van der Waals surface area contributed by atoms with Crippen molar-refractivity contribution >= 4 is 49.3 Å². The monoisotopic (exact) mass is 465 g/mol. The number of amides is 1. The summed E-state index contributed by atoms with van der Waals surface area (Å²) in [6, 6.07) is 8.78. The van der Waals surface area contributed by atoms with Crippen molar-refractivity contribution in [3.8, 4) is 11.5 Å². The van der Waals surface area contributed by atoms with Crippen LogP contribution in [-0.4, -0.2) is 32.3 Å². The van der Waals surface area contributed by atoms with Gasteiger partial charge in [0, 0.05) is 0 Å². The summed E-state index contributed by atoms with van der Waals surface area (Å²) >= 11 is 3.24. The Bertz CT molecular complexity index is 1120. The molecule has 0 spiro atoms. The maximum Gasteiger partial charge on any atom is 0.280 e. The number of halogens is 1. The molecule has 2 aromatic rings. The molecule has 0 atom stereocenters. The number of aromatic hydroxyl groups is 1. The van der Waals surface area contributed by atoms with E-state index in [0.29, 0.717) is 27.0 Å². The highest BCUT2D eigenvalue weighted by atomic mass is 79.9. The number of rotatable bonds is 4. The molecule has 1 aliphatic heterocycles. The van der Waals surface area contributed by atoms with Crippen LogP contribution in [0, 0.1) is 0 Å². The van der Waals surface area contributed by atoms with E-state index < -0.39 is 10.0 Å². The minimum atomic E-state index is -3.82. The second-order valence-corrected chi connectivity index (χ2v) is 8.37. The highest BCUT2D eigenvalue weighted by molar-refractivity contribution is 9.10. The Kier molecular flexibility index (Phi) is 5.28. The van der Waals surface area contributed by atoms with Crippen LogP contribution in [0.15, 0.2) is 56.4 Å². The van der Waals surface area contributed by atoms with E-state index in [9.17, 15) is 18.3 Å². The summed E-state index contributed by atoms with van der Waals surface area (Å²) in [5, 5.41) is 20.4. The Morgan fingerprint density at radius 3 is 2.46 bits per heavy atom. The van der Waals surface area contributed by atoms with E-state index in [2.05, 4.69) is 21.0 Å². The number of phenols is 1. The van der Waals surface area contributed by atoms with Crippen LogP contribution >= 0.6 is 15.9 Å². The van der Waals surface area contributed by atoms with Crippen LogP contribution in [0.5, 0.6) is 11.5 Å². The minimum Gasteiger partial charge on any atom is -0.503 e. The lowest BCUT2D eigenvalue weighted by atomic mass is 10.1. The summed E-state index contributed by atoms with van der Waals surface area (Å²) in [6.07, 6.45) is 1.63. The predicted octanol–water partition coefficient (Wildman–Crippen LogP) is 2.62. The topological polar surface area (TPSA) is 122 Å². The molecule has 3 N–H and O–H groups in total. The fourth-order valence-electron chi connectivity index (χ4n) is 2.64. The van der Waals surface area contributed by atoms with Gasteiger partial charge in [0.15, 0.2) is 11.5 Å². The SMILES string of the molecule is COc1cc(/C=C2/C(=O)N(c3ccc(S(N)(=O)=O)cc3)N=C2C)cc(Br)c1O. The number of anilines is 1. The highest BCUT2D eigenvalue weighted by Gasteiger charge is 2.29. The number of hydrogen-bond donors (Lipinski definition) is 2. The van der Waals surface area contributed by atoms with Gasteiger partial charge in [0.2, 0.25) is 10.0 Å². The lowest BCUT2D eigenvalue weighted by Gasteiger charge is -2.12. The average Bonchev–Trinajstić information content (AvgIpc) is 2.92. The zero-order valence-electron chi connectivity index (χ0n) is 14.9. The molecule has 0 aromatic heterocycles. The third-order valence-electron chi connectivity index (χ3n) is 4.05. The third kappa shape index (κ3) is 3.79. The maximum atomic E-state index is 12.8. The number of phenolic OH excluding ortho intramolecular Hbond substituents is 1. The molecule has 0 unspecified atom stereocenters. The minimum absolute atomic E-state index is 0.0376. The zero-order chi connectivity index (χ0) is 20.6. The molecule has 0 saturated heterocycles. The highest BCUT2D eigenvalue weighted by Crippen LogP contribution is 2.36. The number of methoxy groups -OCH3 is 1. The molecule has 2 aromatic carbocycles. The van der Waals surface area contributed by atoms with Crippen LogP contribution in [-0.2, 0) is 14.8 Å². The summed E-state index contributed by atoms with van der Waals surface area (Å²) in [5.41, 5.74) is 1.88. The summed E-state index contributed by atoms with van der Waals surface area (Å²) in [6.45, 7) is 1.69. The fraction of sp³-hybridized carbons (Fsp3) is 0.111. The summed E-state index contributed by atoms with van der Waals surface area (Å²) < 4.78 is 28.3. The summed E-state index contributed by atoms with van der Waals surface area (Å²) in [4.78, 5) is 12.8. The van der Waals surface area contributed by atoms with Gasteiger partial charge in [0.1, 0.15) is 0 Å². The largest absolute Gasteiger partial charge is 0.503 e. The van der Waals surface area contributed by atoms with E-state index in [0.717, 1.165) is 0 Å². The first-order valence-electron chi connectivity index (χ1n) is 7.93. The van der Waals surface area contributed by atoms with Crippen LogP contribution in [0.4, 0.5) is 5.69 Å². The Labute approximate surface area is 170 Å². The van der Waals surface area contributed by atoms with Crippen molar-refractivity contribution < 1.29 is 23.1 Å². The van der Waals surface area contributed by atoms with Crippen molar-refractivity contribution in [3.05, 3.63) is 52.0 Å². The number of hydrogen-bond acceptors (Lipinski definition) is 6. The second kappa shape index (κ2) is 7.38. The number of carbonyl (C=O) groups excluding carboxylic acids is 1. The van der Waals surface area contributed by atoms with Gasteiger partial charge in [0.05, 0.1) is 33.5 Å². The van der Waals surface area contributed by atoms with Crippen molar-refractivity contribution in [1.29, 1.82) is 0 Å². The number of benzene rings is 2. The molecule has 0 saturated carbocycles. The second-order valence-electron chi connectivity index (χ2n) is 5.95. The quantitative estimate of drug-likeness (QED) is 0.671. The van der Waals surface area contributed by atoms with E-state index in [1.807, 2.05) is 0 Å². The van der Waals surface area contributed by atoms with E-state index in [1.54, 1.807) is 25.1 Å². The van der Waals surface area contributed by atoms with E-state index in [-0.39, 0.29) is 22.3 Å². The van der Waals surface area contributed by atoms with Crippen molar-refractivity contribution in [3.63, 3.8) is 0 Å². The van der Waals surface area contributed by atoms with E-state index in [1.165, 1.54) is 36.4 Å². The number of nitrogens with zero attached hydrogens (tertiary/aromatic N) is 2. The number of carbonyl (C=O) groups is 1. The molecular formula is C18H16BrN3O5S. The molecular weight excluding hydrogens is 450 g/mol.